The maximum atomic E-state index is 12.6. The van der Waals surface area contributed by atoms with Crippen LogP contribution < -0.4 is 5.73 Å². The number of ether oxygens (including phenoxy) is 2. The molecule has 0 spiro atoms. The van der Waals surface area contributed by atoms with Gasteiger partial charge in [-0.2, -0.15) is 0 Å². The lowest BCUT2D eigenvalue weighted by Gasteiger charge is -2.19. The number of phosphoric ester groups is 1. The number of hydrogen-bond acceptors (Lipinski definition) is 8. The van der Waals surface area contributed by atoms with E-state index in [0.29, 0.717) is 12.8 Å². The molecular weight excluding hydrogens is 737 g/mol. The molecule has 0 amide bonds. The monoisotopic (exact) mass is 824 g/mol. The number of carbonyl (C=O) groups excluding carboxylic acids is 2. The van der Waals surface area contributed by atoms with Gasteiger partial charge in [0.2, 0.25) is 0 Å². The number of allylic oxidation sites excluding steroid dienone is 8. The fraction of sp³-hybridized carbons (Fsp3) is 0.787. The molecule has 0 bridgehead atoms. The average Bonchev–Trinajstić information content (AvgIpc) is 3.20. The summed E-state index contributed by atoms with van der Waals surface area (Å²) in [6.45, 7) is 3.61. The number of phosphoric acid groups is 1. The standard InChI is InChI=1S/C47H86NO8P/c1-3-5-7-9-11-13-15-17-19-21-22-24-26-28-30-32-34-36-38-40-47(50)56-45(44-55-57(51,52)54-42-41-48)43-53-46(49)39-37-35-33-31-29-27-25-23-20-18-16-14-12-10-8-6-4-2/h6,8,12,14,18,20,25,27,45H,3-5,7,9-11,13,15-17,19,21-24,26,28-44,48H2,1-2H3,(H,51,52)/b8-6-,14-12-,20-18-,27-25-/t45-/m1/s1. The number of nitrogens with two attached hydrogens (primary N) is 1. The maximum Gasteiger partial charge on any atom is 0.472 e. The molecule has 9 nitrogen and oxygen atoms in total. The van der Waals surface area contributed by atoms with Gasteiger partial charge in [-0.1, -0.05) is 191 Å². The van der Waals surface area contributed by atoms with E-state index in [1.807, 2.05) is 0 Å². The number of hydrogen-bond donors (Lipinski definition) is 2. The largest absolute Gasteiger partial charge is 0.472 e. The molecule has 332 valence electrons. The van der Waals surface area contributed by atoms with Crippen LogP contribution in [0.1, 0.15) is 206 Å². The number of unbranched alkanes of at least 4 members (excludes halogenated alkanes) is 22. The third-order valence-corrected chi connectivity index (χ3v) is 10.7. The van der Waals surface area contributed by atoms with Crippen molar-refractivity contribution in [2.24, 2.45) is 5.73 Å². The molecular formula is C47H86NO8P. The summed E-state index contributed by atoms with van der Waals surface area (Å²) in [6, 6.07) is 0. The van der Waals surface area contributed by atoms with Gasteiger partial charge in [0.05, 0.1) is 13.2 Å². The molecule has 0 aliphatic rings. The van der Waals surface area contributed by atoms with Crippen molar-refractivity contribution in [2.75, 3.05) is 26.4 Å². The Morgan fingerprint density at radius 3 is 1.44 bits per heavy atom. The number of rotatable bonds is 43. The van der Waals surface area contributed by atoms with E-state index in [2.05, 4.69) is 62.5 Å². The molecule has 0 heterocycles. The van der Waals surface area contributed by atoms with E-state index >= 15 is 0 Å². The summed E-state index contributed by atoms with van der Waals surface area (Å²) < 4.78 is 32.8. The number of esters is 2. The van der Waals surface area contributed by atoms with Gasteiger partial charge >= 0.3 is 19.8 Å². The molecule has 0 aromatic heterocycles. The Morgan fingerprint density at radius 2 is 0.965 bits per heavy atom. The highest BCUT2D eigenvalue weighted by atomic mass is 31.2. The Balaban J connectivity index is 4.13. The highest BCUT2D eigenvalue weighted by Crippen LogP contribution is 2.43. The van der Waals surface area contributed by atoms with Gasteiger partial charge in [-0.3, -0.25) is 18.6 Å². The fourth-order valence-corrected chi connectivity index (χ4v) is 7.10. The van der Waals surface area contributed by atoms with Crippen LogP contribution in [0.2, 0.25) is 0 Å². The van der Waals surface area contributed by atoms with E-state index in [4.69, 9.17) is 24.3 Å². The molecule has 0 rings (SSSR count). The summed E-state index contributed by atoms with van der Waals surface area (Å²) in [5, 5.41) is 0. The fourth-order valence-electron chi connectivity index (χ4n) is 6.33. The zero-order valence-electron chi connectivity index (χ0n) is 36.6. The Labute approximate surface area is 349 Å². The van der Waals surface area contributed by atoms with Crippen LogP contribution in [0.3, 0.4) is 0 Å². The van der Waals surface area contributed by atoms with Crippen LogP contribution in [-0.4, -0.2) is 49.3 Å². The normalized spacial score (nSPS) is 13.7. The second kappa shape index (κ2) is 43.5. The SMILES string of the molecule is CC/C=C\C/C=C\C/C=C\C/C=C\CCCCCCC(=O)OC[C@H](COP(=O)(O)OCCN)OC(=O)CCCCCCCCCCCCCCCCCCCCC. The smallest absolute Gasteiger partial charge is 0.462 e. The third-order valence-electron chi connectivity index (χ3n) is 9.73. The first-order valence-corrected chi connectivity index (χ1v) is 24.6. The molecule has 0 aliphatic carbocycles. The predicted octanol–water partition coefficient (Wildman–Crippen LogP) is 13.5. The minimum atomic E-state index is -4.38. The lowest BCUT2D eigenvalue weighted by atomic mass is 10.0. The van der Waals surface area contributed by atoms with Gasteiger partial charge in [0.25, 0.3) is 0 Å². The van der Waals surface area contributed by atoms with Gasteiger partial charge in [0.15, 0.2) is 6.10 Å². The van der Waals surface area contributed by atoms with E-state index in [9.17, 15) is 19.0 Å². The van der Waals surface area contributed by atoms with E-state index < -0.39 is 32.5 Å². The first kappa shape index (κ1) is 55.0. The van der Waals surface area contributed by atoms with Gasteiger partial charge in [-0.25, -0.2) is 4.57 Å². The molecule has 0 saturated heterocycles. The molecule has 0 saturated carbocycles. The highest BCUT2D eigenvalue weighted by molar-refractivity contribution is 7.47. The van der Waals surface area contributed by atoms with Gasteiger partial charge in [0.1, 0.15) is 6.61 Å². The first-order chi connectivity index (χ1) is 27.8. The molecule has 57 heavy (non-hydrogen) atoms. The van der Waals surface area contributed by atoms with Crippen LogP contribution in [0.15, 0.2) is 48.6 Å². The summed E-state index contributed by atoms with van der Waals surface area (Å²) >= 11 is 0. The first-order valence-electron chi connectivity index (χ1n) is 23.1. The Bertz CT molecular complexity index is 1080. The van der Waals surface area contributed by atoms with Crippen LogP contribution in [0.4, 0.5) is 0 Å². The summed E-state index contributed by atoms with van der Waals surface area (Å²) in [5.74, 6) is -0.851. The summed E-state index contributed by atoms with van der Waals surface area (Å²) in [6.07, 6.45) is 50.0. The molecule has 10 heteroatoms. The van der Waals surface area contributed by atoms with E-state index in [1.165, 1.54) is 103 Å². The summed E-state index contributed by atoms with van der Waals surface area (Å²) in [5.41, 5.74) is 5.35. The molecule has 0 fully saturated rings. The van der Waals surface area contributed by atoms with Gasteiger partial charge in [-0.05, 0) is 51.4 Å². The van der Waals surface area contributed by atoms with Crippen molar-refractivity contribution in [1.29, 1.82) is 0 Å². The van der Waals surface area contributed by atoms with Crippen molar-refractivity contribution in [1.82, 2.24) is 0 Å². The molecule has 0 radical (unpaired) electrons. The van der Waals surface area contributed by atoms with Crippen molar-refractivity contribution in [3.63, 3.8) is 0 Å². The molecule has 0 aromatic rings. The quantitative estimate of drug-likeness (QED) is 0.0267. The zero-order valence-corrected chi connectivity index (χ0v) is 37.5. The molecule has 2 atom stereocenters. The van der Waals surface area contributed by atoms with Crippen LogP contribution in [-0.2, 0) is 32.7 Å². The van der Waals surface area contributed by atoms with Crippen molar-refractivity contribution in [3.8, 4) is 0 Å². The van der Waals surface area contributed by atoms with E-state index in [1.54, 1.807) is 0 Å². The summed E-state index contributed by atoms with van der Waals surface area (Å²) in [4.78, 5) is 34.9. The van der Waals surface area contributed by atoms with Crippen LogP contribution in [0.5, 0.6) is 0 Å². The van der Waals surface area contributed by atoms with E-state index in [0.717, 1.165) is 64.2 Å². The zero-order chi connectivity index (χ0) is 41.8. The molecule has 0 aromatic carbocycles. The van der Waals surface area contributed by atoms with Crippen molar-refractivity contribution in [2.45, 2.75) is 213 Å². The minimum Gasteiger partial charge on any atom is -0.462 e. The van der Waals surface area contributed by atoms with Crippen LogP contribution in [0.25, 0.3) is 0 Å². The van der Waals surface area contributed by atoms with Crippen molar-refractivity contribution < 1.29 is 37.6 Å². The lowest BCUT2D eigenvalue weighted by molar-refractivity contribution is -0.161. The van der Waals surface area contributed by atoms with Crippen LogP contribution >= 0.6 is 7.82 Å². The van der Waals surface area contributed by atoms with Crippen molar-refractivity contribution >= 4 is 19.8 Å². The van der Waals surface area contributed by atoms with Gasteiger partial charge in [-0.15, -0.1) is 0 Å². The van der Waals surface area contributed by atoms with Crippen molar-refractivity contribution in [3.05, 3.63) is 48.6 Å². The second-order valence-electron chi connectivity index (χ2n) is 15.2. The lowest BCUT2D eigenvalue weighted by Crippen LogP contribution is -2.29. The molecule has 3 N–H and O–H groups in total. The summed E-state index contributed by atoms with van der Waals surface area (Å²) in [7, 11) is -4.38. The predicted molar refractivity (Wildman–Crippen MR) is 238 cm³/mol. The van der Waals surface area contributed by atoms with E-state index in [-0.39, 0.29) is 32.6 Å². The molecule has 1 unspecified atom stereocenters. The molecule has 0 aliphatic heterocycles. The third kappa shape index (κ3) is 43.4. The second-order valence-corrected chi connectivity index (χ2v) is 16.7. The van der Waals surface area contributed by atoms with Crippen LogP contribution in [0, 0.1) is 0 Å². The maximum absolute atomic E-state index is 12.6. The Morgan fingerprint density at radius 1 is 0.544 bits per heavy atom. The Hall–Kier alpha value is -2.03. The Kier molecular flexibility index (Phi) is 42.0. The van der Waals surface area contributed by atoms with Gasteiger partial charge in [0, 0.05) is 19.4 Å². The average molecular weight is 824 g/mol. The minimum absolute atomic E-state index is 0.0494. The highest BCUT2D eigenvalue weighted by Gasteiger charge is 2.26. The number of carbonyl (C=O) groups is 2. The van der Waals surface area contributed by atoms with Gasteiger partial charge < -0.3 is 20.1 Å². The topological polar surface area (TPSA) is 134 Å².